The summed E-state index contributed by atoms with van der Waals surface area (Å²) in [5.74, 6) is 5.80. The summed E-state index contributed by atoms with van der Waals surface area (Å²) in [5.41, 5.74) is 1.44. The second-order valence-electron chi connectivity index (χ2n) is 7.10. The molecule has 0 aliphatic rings. The molecule has 0 rings (SSSR count). The molecule has 22 heavy (non-hydrogen) atoms. The van der Waals surface area contributed by atoms with Crippen LogP contribution in [-0.2, 0) is 9.16 Å². The van der Waals surface area contributed by atoms with Crippen LogP contribution >= 0.6 is 0 Å². The zero-order chi connectivity index (χ0) is 17.5. The second kappa shape index (κ2) is 9.72. The van der Waals surface area contributed by atoms with Crippen LogP contribution in [0.3, 0.4) is 0 Å². The van der Waals surface area contributed by atoms with Crippen LogP contribution in [-0.4, -0.2) is 39.3 Å². The lowest BCUT2D eigenvalue weighted by Crippen LogP contribution is -2.54. The van der Waals surface area contributed by atoms with Gasteiger partial charge in [-0.05, 0) is 30.5 Å². The average Bonchev–Trinajstić information content (AvgIpc) is 2.41. The van der Waals surface area contributed by atoms with Gasteiger partial charge in [-0.1, -0.05) is 47.5 Å². The highest BCUT2D eigenvalue weighted by atomic mass is 28.4. The molecule has 0 radical (unpaired) electrons. The Bertz CT molecular complexity index is 346. The van der Waals surface area contributed by atoms with Crippen LogP contribution < -0.4 is 0 Å². The maximum Gasteiger partial charge on any atom is 0.201 e. The largest absolute Gasteiger partial charge is 0.408 e. The molecule has 0 aromatic heterocycles. The van der Waals surface area contributed by atoms with Crippen molar-refractivity contribution in [3.8, 4) is 11.8 Å². The quantitative estimate of drug-likeness (QED) is 0.509. The first kappa shape index (κ1) is 21.7. The van der Waals surface area contributed by atoms with Crippen LogP contribution in [0.5, 0.6) is 0 Å². The normalized spacial score (nSPS) is 16.6. The van der Waals surface area contributed by atoms with Crippen molar-refractivity contribution in [2.75, 3.05) is 13.7 Å². The van der Waals surface area contributed by atoms with E-state index in [1.807, 2.05) is 6.92 Å². The molecule has 0 heterocycles. The van der Waals surface area contributed by atoms with Gasteiger partial charge in [-0.3, -0.25) is 0 Å². The van der Waals surface area contributed by atoms with E-state index in [1.54, 1.807) is 14.0 Å². The van der Waals surface area contributed by atoms with Crippen LogP contribution in [0.2, 0.25) is 16.6 Å². The van der Waals surface area contributed by atoms with Gasteiger partial charge in [-0.2, -0.15) is 0 Å². The Morgan fingerprint density at radius 1 is 0.955 bits per heavy atom. The molecule has 0 aromatic carbocycles. The minimum absolute atomic E-state index is 0.122. The zero-order valence-electron chi connectivity index (χ0n) is 15.9. The van der Waals surface area contributed by atoms with Crippen molar-refractivity contribution in [2.45, 2.75) is 84.2 Å². The fourth-order valence-corrected chi connectivity index (χ4v) is 9.22. The van der Waals surface area contributed by atoms with Crippen molar-refractivity contribution in [2.24, 2.45) is 5.92 Å². The van der Waals surface area contributed by atoms with Gasteiger partial charge >= 0.3 is 0 Å². The third-order valence-electron chi connectivity index (χ3n) is 4.66. The van der Waals surface area contributed by atoms with Crippen molar-refractivity contribution in [1.29, 1.82) is 0 Å². The minimum Gasteiger partial charge on any atom is -0.408 e. The third kappa shape index (κ3) is 5.09. The van der Waals surface area contributed by atoms with Gasteiger partial charge in [-0.25, -0.2) is 0 Å². The fraction of sp³-hybridized carbons (Fsp3) is 0.889. The van der Waals surface area contributed by atoms with Crippen LogP contribution in [0.25, 0.3) is 0 Å². The lowest BCUT2D eigenvalue weighted by Gasteiger charge is -2.45. The van der Waals surface area contributed by atoms with Crippen molar-refractivity contribution in [1.82, 2.24) is 0 Å². The van der Waals surface area contributed by atoms with Crippen molar-refractivity contribution >= 4 is 8.32 Å². The Morgan fingerprint density at radius 2 is 1.41 bits per heavy atom. The van der Waals surface area contributed by atoms with Gasteiger partial charge in [0.1, 0.15) is 0 Å². The summed E-state index contributed by atoms with van der Waals surface area (Å²) in [6.07, 6.45) is -0.949. The van der Waals surface area contributed by atoms with Gasteiger partial charge in [-0.15, -0.1) is 5.92 Å². The molecule has 0 unspecified atom stereocenters. The van der Waals surface area contributed by atoms with Crippen LogP contribution in [0.15, 0.2) is 0 Å². The van der Waals surface area contributed by atoms with Crippen LogP contribution in [0.1, 0.15) is 55.4 Å². The third-order valence-corrected chi connectivity index (χ3v) is 10.8. The monoisotopic (exact) mass is 328 g/mol. The van der Waals surface area contributed by atoms with E-state index < -0.39 is 14.4 Å². The number of hydrogen-bond acceptors (Lipinski definition) is 3. The van der Waals surface area contributed by atoms with E-state index >= 15 is 0 Å². The number of aliphatic hydroxyl groups excluding tert-OH is 1. The number of methoxy groups -OCH3 is 1. The van der Waals surface area contributed by atoms with Gasteiger partial charge in [0.25, 0.3) is 0 Å². The maximum absolute atomic E-state index is 10.7. The minimum atomic E-state index is -2.05. The van der Waals surface area contributed by atoms with E-state index in [2.05, 4.69) is 53.4 Å². The summed E-state index contributed by atoms with van der Waals surface area (Å²) >= 11 is 0. The van der Waals surface area contributed by atoms with E-state index in [-0.39, 0.29) is 12.0 Å². The van der Waals surface area contributed by atoms with E-state index in [0.29, 0.717) is 23.2 Å². The summed E-state index contributed by atoms with van der Waals surface area (Å²) in [6, 6.07) is 0. The molecular weight excluding hydrogens is 292 g/mol. The topological polar surface area (TPSA) is 38.7 Å². The van der Waals surface area contributed by atoms with Crippen molar-refractivity contribution < 1.29 is 14.3 Å². The lowest BCUT2D eigenvalue weighted by molar-refractivity contribution is -0.0334. The van der Waals surface area contributed by atoms with Gasteiger partial charge in [0.05, 0.1) is 18.8 Å². The molecule has 0 amide bonds. The molecule has 3 nitrogen and oxygen atoms in total. The Balaban J connectivity index is 5.52. The number of hydrogen-bond donors (Lipinski definition) is 1. The second-order valence-corrected chi connectivity index (χ2v) is 12.5. The molecular formula is C18H36O3Si. The van der Waals surface area contributed by atoms with Gasteiger partial charge in [0, 0.05) is 13.0 Å². The summed E-state index contributed by atoms with van der Waals surface area (Å²) < 4.78 is 12.0. The Kier molecular flexibility index (Phi) is 9.57. The molecule has 130 valence electrons. The molecule has 1 N–H and O–H groups in total. The van der Waals surface area contributed by atoms with Crippen LogP contribution in [0.4, 0.5) is 0 Å². The first-order valence-corrected chi connectivity index (χ1v) is 10.6. The van der Waals surface area contributed by atoms with Gasteiger partial charge < -0.3 is 14.3 Å². The maximum atomic E-state index is 10.7. The zero-order valence-corrected chi connectivity index (χ0v) is 16.9. The highest BCUT2D eigenvalue weighted by molar-refractivity contribution is 6.77. The number of rotatable bonds is 9. The molecule has 0 saturated carbocycles. The van der Waals surface area contributed by atoms with E-state index in [4.69, 9.17) is 9.16 Å². The van der Waals surface area contributed by atoms with E-state index in [1.165, 1.54) is 0 Å². The first-order chi connectivity index (χ1) is 10.1. The summed E-state index contributed by atoms with van der Waals surface area (Å²) in [6.45, 7) is 17.6. The molecule has 0 saturated heterocycles. The summed E-state index contributed by atoms with van der Waals surface area (Å²) in [5, 5.41) is 10.7. The Morgan fingerprint density at radius 3 is 1.73 bits per heavy atom. The molecule has 0 spiro atoms. The van der Waals surface area contributed by atoms with Gasteiger partial charge in [0.2, 0.25) is 8.32 Å². The highest BCUT2D eigenvalue weighted by Crippen LogP contribution is 2.43. The molecule has 0 aliphatic carbocycles. The smallest absolute Gasteiger partial charge is 0.201 e. The number of ether oxygens (including phenoxy) is 1. The molecule has 4 heteroatoms. The highest BCUT2D eigenvalue weighted by Gasteiger charge is 2.47. The predicted molar refractivity (Wildman–Crippen MR) is 96.4 cm³/mol. The molecule has 0 aromatic rings. The van der Waals surface area contributed by atoms with Gasteiger partial charge in [0.15, 0.2) is 0 Å². The van der Waals surface area contributed by atoms with Crippen molar-refractivity contribution in [3.05, 3.63) is 0 Å². The molecule has 0 aliphatic heterocycles. The lowest BCUT2D eigenvalue weighted by atomic mass is 10.0. The molecule has 0 fully saturated rings. The first-order valence-electron chi connectivity index (χ1n) is 8.42. The molecule has 0 bridgehead atoms. The Hall–Kier alpha value is -0.343. The molecule has 3 atom stereocenters. The van der Waals surface area contributed by atoms with E-state index in [0.717, 1.165) is 0 Å². The summed E-state index contributed by atoms with van der Waals surface area (Å²) in [4.78, 5) is 0. The standard InChI is InChI=1S/C18H36O3Si/c1-10-11-16(8)18(19)17(12-20-9)21-22(13(2)3,14(4)5)15(6)7/h13-19H,12H2,1-9H3/t16-,17-,18-/m1/s1. The predicted octanol–water partition coefficient (Wildman–Crippen LogP) is 4.21. The van der Waals surface area contributed by atoms with E-state index in [9.17, 15) is 5.11 Å². The summed E-state index contributed by atoms with van der Waals surface area (Å²) in [7, 11) is -0.392. The Labute approximate surface area is 138 Å². The van der Waals surface area contributed by atoms with Crippen LogP contribution in [0, 0.1) is 17.8 Å². The number of aliphatic hydroxyl groups is 1. The average molecular weight is 329 g/mol. The SMILES string of the molecule is CC#C[C@@H](C)[C@@H](O)[C@@H](COC)O[Si](C(C)C)(C(C)C)C(C)C. The fourth-order valence-electron chi connectivity index (χ4n) is 3.67. The van der Waals surface area contributed by atoms with Crippen molar-refractivity contribution in [3.63, 3.8) is 0 Å².